The average molecular weight is 453 g/mol. The first-order valence-corrected chi connectivity index (χ1v) is 11.8. The van der Waals surface area contributed by atoms with Gasteiger partial charge in [0.05, 0.1) is 12.0 Å². The lowest BCUT2D eigenvalue weighted by Gasteiger charge is -2.27. The zero-order valence-electron chi connectivity index (χ0n) is 19.1. The van der Waals surface area contributed by atoms with Crippen molar-refractivity contribution in [2.24, 2.45) is 5.92 Å². The minimum atomic E-state index is -0.737. The molecule has 1 N–H and O–H groups in total. The SMILES string of the molecule is CN(C(=O)OCc1cnccc1-c1ccc(OC2CCC[C@H](C(=O)O)C2)cc1)C1CCCC1. The zero-order chi connectivity index (χ0) is 23.2. The number of ether oxygens (including phenoxy) is 2. The second-order valence-corrected chi connectivity index (χ2v) is 9.10. The second kappa shape index (κ2) is 10.7. The molecule has 0 bridgehead atoms. The van der Waals surface area contributed by atoms with E-state index < -0.39 is 5.97 Å². The lowest BCUT2D eigenvalue weighted by Crippen LogP contribution is -2.35. The van der Waals surface area contributed by atoms with Gasteiger partial charge in [-0.15, -0.1) is 0 Å². The van der Waals surface area contributed by atoms with Gasteiger partial charge >= 0.3 is 12.1 Å². The van der Waals surface area contributed by atoms with Crippen LogP contribution in [0.4, 0.5) is 4.79 Å². The van der Waals surface area contributed by atoms with E-state index >= 15 is 0 Å². The molecule has 4 rings (SSSR count). The van der Waals surface area contributed by atoms with Gasteiger partial charge in [-0.3, -0.25) is 9.78 Å². The highest BCUT2D eigenvalue weighted by Gasteiger charge is 2.28. The second-order valence-electron chi connectivity index (χ2n) is 9.10. The Hall–Kier alpha value is -3.09. The summed E-state index contributed by atoms with van der Waals surface area (Å²) in [4.78, 5) is 29.7. The molecule has 2 aromatic rings. The third kappa shape index (κ3) is 5.83. The van der Waals surface area contributed by atoms with E-state index in [1.165, 1.54) is 0 Å². The molecular formula is C26H32N2O5. The standard InChI is InChI=1S/C26H32N2O5/c1-28(21-6-2-3-7-21)26(31)32-17-20-16-27-14-13-24(20)18-9-11-22(12-10-18)33-23-8-4-5-19(15-23)25(29)30/h9-14,16,19,21,23H,2-8,15,17H2,1H3,(H,29,30)/t19-,23?/m0/s1. The van der Waals surface area contributed by atoms with Crippen LogP contribution in [0.5, 0.6) is 5.75 Å². The van der Waals surface area contributed by atoms with Crippen molar-refractivity contribution in [1.82, 2.24) is 9.88 Å². The van der Waals surface area contributed by atoms with Crippen LogP contribution in [0, 0.1) is 5.92 Å². The van der Waals surface area contributed by atoms with Crippen molar-refractivity contribution in [3.63, 3.8) is 0 Å². The van der Waals surface area contributed by atoms with Gasteiger partial charge in [0.25, 0.3) is 0 Å². The van der Waals surface area contributed by atoms with Crippen LogP contribution in [-0.4, -0.2) is 46.2 Å². The maximum Gasteiger partial charge on any atom is 0.410 e. The number of aliphatic carboxylic acids is 1. The van der Waals surface area contributed by atoms with Crippen LogP contribution in [-0.2, 0) is 16.1 Å². The lowest BCUT2D eigenvalue weighted by molar-refractivity contribution is -0.143. The Bertz CT molecular complexity index is 955. The van der Waals surface area contributed by atoms with Crippen LogP contribution in [0.15, 0.2) is 42.7 Å². The van der Waals surface area contributed by atoms with Crippen molar-refractivity contribution < 1.29 is 24.2 Å². The molecule has 1 heterocycles. The molecule has 1 aromatic heterocycles. The summed E-state index contributed by atoms with van der Waals surface area (Å²) in [5.41, 5.74) is 2.78. The zero-order valence-corrected chi connectivity index (χ0v) is 19.1. The summed E-state index contributed by atoms with van der Waals surface area (Å²) in [7, 11) is 1.81. The highest BCUT2D eigenvalue weighted by Crippen LogP contribution is 2.30. The molecule has 1 aromatic carbocycles. The predicted molar refractivity (Wildman–Crippen MR) is 124 cm³/mol. The number of benzene rings is 1. The molecule has 1 amide bonds. The number of amides is 1. The summed E-state index contributed by atoms with van der Waals surface area (Å²) in [5.74, 6) is -0.327. The third-order valence-electron chi connectivity index (χ3n) is 6.86. The van der Waals surface area contributed by atoms with Gasteiger partial charge in [-0.25, -0.2) is 4.79 Å². The van der Waals surface area contributed by atoms with Crippen molar-refractivity contribution in [1.29, 1.82) is 0 Å². The summed E-state index contributed by atoms with van der Waals surface area (Å²) < 4.78 is 11.7. The minimum absolute atomic E-state index is 0.0709. The molecule has 2 aliphatic carbocycles. The highest BCUT2D eigenvalue weighted by atomic mass is 16.6. The number of carbonyl (C=O) groups excluding carboxylic acids is 1. The summed E-state index contributed by atoms with van der Waals surface area (Å²) in [6.07, 6.45) is 10.5. The van der Waals surface area contributed by atoms with Gasteiger partial charge in [-0.2, -0.15) is 0 Å². The van der Waals surface area contributed by atoms with E-state index in [0.29, 0.717) is 6.42 Å². The minimum Gasteiger partial charge on any atom is -0.490 e. The molecule has 0 saturated heterocycles. The van der Waals surface area contributed by atoms with Crippen LogP contribution in [0.3, 0.4) is 0 Å². The van der Waals surface area contributed by atoms with Gasteiger partial charge < -0.3 is 19.5 Å². The smallest absolute Gasteiger partial charge is 0.410 e. The van der Waals surface area contributed by atoms with Crippen LogP contribution >= 0.6 is 0 Å². The number of rotatable bonds is 7. The molecule has 33 heavy (non-hydrogen) atoms. The maximum absolute atomic E-state index is 12.5. The maximum atomic E-state index is 12.5. The topological polar surface area (TPSA) is 89.0 Å². The van der Waals surface area contributed by atoms with E-state index in [2.05, 4.69) is 4.98 Å². The number of aromatic nitrogens is 1. The number of carboxylic acid groups (broad SMARTS) is 1. The number of nitrogens with zero attached hydrogens (tertiary/aromatic N) is 2. The Labute approximate surface area is 194 Å². The number of carbonyl (C=O) groups is 2. The van der Waals surface area contributed by atoms with E-state index in [1.54, 1.807) is 17.3 Å². The number of hydrogen-bond donors (Lipinski definition) is 1. The first-order valence-electron chi connectivity index (χ1n) is 11.8. The molecule has 0 spiro atoms. The van der Waals surface area contributed by atoms with Gasteiger partial charge in [0.1, 0.15) is 12.4 Å². The molecule has 2 fully saturated rings. The molecule has 1 unspecified atom stereocenters. The molecule has 0 radical (unpaired) electrons. The molecule has 2 saturated carbocycles. The summed E-state index contributed by atoms with van der Waals surface area (Å²) in [6, 6.07) is 9.94. The van der Waals surface area contributed by atoms with Gasteiger partial charge in [0.15, 0.2) is 0 Å². The van der Waals surface area contributed by atoms with Crippen molar-refractivity contribution in [3.05, 3.63) is 48.3 Å². The van der Waals surface area contributed by atoms with Crippen LogP contribution in [0.1, 0.15) is 56.9 Å². The Morgan fingerprint density at radius 2 is 1.82 bits per heavy atom. The molecule has 2 atom stereocenters. The predicted octanol–water partition coefficient (Wildman–Crippen LogP) is 5.28. The van der Waals surface area contributed by atoms with Gasteiger partial charge in [-0.1, -0.05) is 25.0 Å². The molecule has 7 nitrogen and oxygen atoms in total. The Morgan fingerprint density at radius 1 is 1.06 bits per heavy atom. The lowest BCUT2D eigenvalue weighted by atomic mass is 9.87. The number of hydrogen-bond acceptors (Lipinski definition) is 5. The van der Waals surface area contributed by atoms with Gasteiger partial charge in [0, 0.05) is 31.0 Å². The Kier molecular flexibility index (Phi) is 7.47. The normalized spacial score (nSPS) is 20.9. The number of carboxylic acids is 1. The average Bonchev–Trinajstić information content (AvgIpc) is 3.38. The summed E-state index contributed by atoms with van der Waals surface area (Å²) in [5, 5.41) is 9.28. The number of pyridine rings is 1. The fraction of sp³-hybridized carbons (Fsp3) is 0.500. The van der Waals surface area contributed by atoms with Crippen LogP contribution in [0.25, 0.3) is 11.1 Å². The van der Waals surface area contributed by atoms with Crippen LogP contribution < -0.4 is 4.74 Å². The summed E-state index contributed by atoms with van der Waals surface area (Å²) in [6.45, 7) is 0.163. The van der Waals surface area contributed by atoms with E-state index in [1.807, 2.05) is 37.4 Å². The van der Waals surface area contributed by atoms with E-state index in [-0.39, 0.29) is 30.8 Å². The fourth-order valence-electron chi connectivity index (χ4n) is 4.89. The molecule has 0 aliphatic heterocycles. The monoisotopic (exact) mass is 452 g/mol. The first-order chi connectivity index (χ1) is 16.0. The van der Waals surface area contributed by atoms with Gasteiger partial charge in [-0.05, 0) is 67.9 Å². The van der Waals surface area contributed by atoms with Crippen molar-refractivity contribution in [2.45, 2.75) is 70.1 Å². The summed E-state index contributed by atoms with van der Waals surface area (Å²) >= 11 is 0. The van der Waals surface area contributed by atoms with E-state index in [0.717, 1.165) is 67.4 Å². The van der Waals surface area contributed by atoms with E-state index in [4.69, 9.17) is 9.47 Å². The third-order valence-corrected chi connectivity index (χ3v) is 6.86. The Balaban J connectivity index is 1.38. The van der Waals surface area contributed by atoms with E-state index in [9.17, 15) is 14.7 Å². The van der Waals surface area contributed by atoms with Gasteiger partial charge in [0.2, 0.25) is 0 Å². The largest absolute Gasteiger partial charge is 0.490 e. The highest BCUT2D eigenvalue weighted by molar-refractivity contribution is 5.70. The quantitative estimate of drug-likeness (QED) is 0.615. The molecule has 7 heteroatoms. The van der Waals surface area contributed by atoms with Crippen LogP contribution in [0.2, 0.25) is 0 Å². The Morgan fingerprint density at radius 3 is 2.55 bits per heavy atom. The fourth-order valence-corrected chi connectivity index (χ4v) is 4.89. The van der Waals surface area contributed by atoms with Crippen molar-refractivity contribution >= 4 is 12.1 Å². The molecular weight excluding hydrogens is 420 g/mol. The van der Waals surface area contributed by atoms with Crippen molar-refractivity contribution in [2.75, 3.05) is 7.05 Å². The molecule has 2 aliphatic rings. The van der Waals surface area contributed by atoms with Crippen molar-refractivity contribution in [3.8, 4) is 16.9 Å². The first kappa shape index (κ1) is 23.1. The molecule has 176 valence electrons.